The quantitative estimate of drug-likeness (QED) is 0.872. The molecule has 2 aromatic carbocycles. The molecule has 0 atom stereocenters. The summed E-state index contributed by atoms with van der Waals surface area (Å²) in [5.41, 5.74) is 2.12. The Balaban J connectivity index is 1.56. The van der Waals surface area contributed by atoms with Crippen LogP contribution in [0.1, 0.15) is 24.3 Å². The largest absolute Gasteiger partial charge is 0.497 e. The molecule has 21 heavy (non-hydrogen) atoms. The van der Waals surface area contributed by atoms with Gasteiger partial charge in [0.2, 0.25) is 0 Å². The van der Waals surface area contributed by atoms with Crippen molar-refractivity contribution in [2.45, 2.75) is 24.8 Å². The molecule has 0 aliphatic heterocycles. The molecule has 2 aromatic rings. The van der Waals surface area contributed by atoms with Crippen LogP contribution in [0.15, 0.2) is 42.5 Å². The second kappa shape index (κ2) is 5.94. The summed E-state index contributed by atoms with van der Waals surface area (Å²) in [6.07, 6.45) is 2.10. The molecule has 0 unspecified atom stereocenters. The van der Waals surface area contributed by atoms with Gasteiger partial charge in [0.1, 0.15) is 11.6 Å². The summed E-state index contributed by atoms with van der Waals surface area (Å²) in [6.45, 7) is 0. The van der Waals surface area contributed by atoms with E-state index in [9.17, 15) is 4.39 Å². The Kier molecular flexibility index (Phi) is 4.02. The second-order valence-electron chi connectivity index (χ2n) is 5.41. The number of nitrogens with one attached hydrogen (secondary N) is 1. The van der Waals surface area contributed by atoms with E-state index in [1.165, 1.54) is 11.6 Å². The van der Waals surface area contributed by atoms with E-state index in [1.54, 1.807) is 13.2 Å². The highest BCUT2D eigenvalue weighted by atomic mass is 35.5. The summed E-state index contributed by atoms with van der Waals surface area (Å²) in [7, 11) is 1.67. The van der Waals surface area contributed by atoms with E-state index in [4.69, 9.17) is 16.3 Å². The summed E-state index contributed by atoms with van der Waals surface area (Å²) in [5, 5.41) is 3.50. The Morgan fingerprint density at radius 2 is 1.86 bits per heavy atom. The number of ether oxygens (including phenoxy) is 1. The zero-order valence-corrected chi connectivity index (χ0v) is 12.5. The first-order chi connectivity index (χ1) is 10.2. The van der Waals surface area contributed by atoms with Gasteiger partial charge in [0.25, 0.3) is 0 Å². The molecule has 1 aliphatic rings. The van der Waals surface area contributed by atoms with Crippen molar-refractivity contribution in [2.24, 2.45) is 0 Å². The molecule has 0 radical (unpaired) electrons. The summed E-state index contributed by atoms with van der Waals surface area (Å²) in [6, 6.07) is 13.4. The van der Waals surface area contributed by atoms with Gasteiger partial charge >= 0.3 is 0 Å². The maximum Gasteiger partial charge on any atom is 0.143 e. The predicted molar refractivity (Wildman–Crippen MR) is 83.8 cm³/mol. The van der Waals surface area contributed by atoms with Gasteiger partial charge in [0.05, 0.1) is 12.1 Å². The summed E-state index contributed by atoms with van der Waals surface area (Å²) in [4.78, 5) is 0. The molecule has 0 spiro atoms. The van der Waals surface area contributed by atoms with Crippen molar-refractivity contribution in [1.29, 1.82) is 0 Å². The average molecular weight is 306 g/mol. The molecule has 2 nitrogen and oxygen atoms in total. The topological polar surface area (TPSA) is 21.3 Å². The minimum atomic E-state index is -0.382. The van der Waals surface area contributed by atoms with E-state index >= 15 is 0 Å². The van der Waals surface area contributed by atoms with Crippen LogP contribution in [0.5, 0.6) is 5.75 Å². The SMILES string of the molecule is COc1ccc(C2CC(Nc3ccc(Cl)c(F)c3)C2)cc1. The van der Waals surface area contributed by atoms with Gasteiger partial charge in [-0.15, -0.1) is 0 Å². The van der Waals surface area contributed by atoms with E-state index < -0.39 is 0 Å². The zero-order chi connectivity index (χ0) is 14.8. The molecule has 1 N–H and O–H groups in total. The third-order valence-electron chi connectivity index (χ3n) is 4.02. The summed E-state index contributed by atoms with van der Waals surface area (Å²) < 4.78 is 18.5. The van der Waals surface area contributed by atoms with Gasteiger partial charge in [0.15, 0.2) is 0 Å². The molecule has 0 saturated heterocycles. The van der Waals surface area contributed by atoms with Crippen molar-refractivity contribution in [3.63, 3.8) is 0 Å². The van der Waals surface area contributed by atoms with Crippen LogP contribution < -0.4 is 10.1 Å². The highest BCUT2D eigenvalue weighted by molar-refractivity contribution is 6.30. The lowest BCUT2D eigenvalue weighted by Gasteiger charge is -2.37. The van der Waals surface area contributed by atoms with Crippen LogP contribution >= 0.6 is 11.6 Å². The molecule has 0 heterocycles. The standard InChI is InChI=1S/C17H17ClFNO/c1-21-15-5-2-11(3-6-15)12-8-14(9-12)20-13-4-7-16(18)17(19)10-13/h2-7,10,12,14,20H,8-9H2,1H3. The van der Waals surface area contributed by atoms with Crippen LogP contribution in [0, 0.1) is 5.82 Å². The maximum absolute atomic E-state index is 13.4. The smallest absolute Gasteiger partial charge is 0.143 e. The molecule has 1 aliphatic carbocycles. The molecule has 1 saturated carbocycles. The van der Waals surface area contributed by atoms with E-state index in [0.29, 0.717) is 12.0 Å². The van der Waals surface area contributed by atoms with Crippen LogP contribution in [0.25, 0.3) is 0 Å². The third kappa shape index (κ3) is 3.13. The fraction of sp³-hybridized carbons (Fsp3) is 0.294. The van der Waals surface area contributed by atoms with Gasteiger partial charge in [0, 0.05) is 11.7 Å². The van der Waals surface area contributed by atoms with Crippen molar-refractivity contribution >= 4 is 17.3 Å². The highest BCUT2D eigenvalue weighted by Crippen LogP contribution is 2.39. The average Bonchev–Trinajstić information content (AvgIpc) is 2.46. The van der Waals surface area contributed by atoms with Gasteiger partial charge in [-0.2, -0.15) is 0 Å². The number of hydrogen-bond acceptors (Lipinski definition) is 2. The van der Waals surface area contributed by atoms with Crippen LogP contribution in [0.4, 0.5) is 10.1 Å². The normalized spacial score (nSPS) is 20.7. The number of methoxy groups -OCH3 is 1. The van der Waals surface area contributed by atoms with Crippen molar-refractivity contribution < 1.29 is 9.13 Å². The molecular weight excluding hydrogens is 289 g/mol. The number of rotatable bonds is 4. The molecule has 110 valence electrons. The lowest BCUT2D eigenvalue weighted by molar-refractivity contribution is 0.373. The fourth-order valence-electron chi connectivity index (χ4n) is 2.71. The molecule has 0 amide bonds. The predicted octanol–water partition coefficient (Wildman–Crippen LogP) is 4.85. The Hall–Kier alpha value is -1.74. The summed E-state index contributed by atoms with van der Waals surface area (Å²) >= 11 is 5.68. The van der Waals surface area contributed by atoms with Crippen molar-refractivity contribution in [2.75, 3.05) is 12.4 Å². The van der Waals surface area contributed by atoms with Gasteiger partial charge in [-0.05, 0) is 54.7 Å². The maximum atomic E-state index is 13.4. The lowest BCUT2D eigenvalue weighted by atomic mass is 9.76. The van der Waals surface area contributed by atoms with Crippen LogP contribution in [-0.2, 0) is 0 Å². The van der Waals surface area contributed by atoms with Crippen LogP contribution in [0.2, 0.25) is 5.02 Å². The Morgan fingerprint density at radius 1 is 1.14 bits per heavy atom. The highest BCUT2D eigenvalue weighted by Gasteiger charge is 2.30. The van der Waals surface area contributed by atoms with E-state index in [-0.39, 0.29) is 10.8 Å². The zero-order valence-electron chi connectivity index (χ0n) is 11.8. The third-order valence-corrected chi connectivity index (χ3v) is 4.32. The summed E-state index contributed by atoms with van der Waals surface area (Å²) in [5.74, 6) is 1.06. The molecular formula is C17H17ClFNO. The molecule has 4 heteroatoms. The van der Waals surface area contributed by atoms with E-state index in [1.807, 2.05) is 18.2 Å². The Morgan fingerprint density at radius 3 is 2.48 bits per heavy atom. The minimum absolute atomic E-state index is 0.158. The molecule has 3 rings (SSSR count). The van der Waals surface area contributed by atoms with Crippen molar-refractivity contribution in [3.05, 3.63) is 58.9 Å². The Bertz CT molecular complexity index is 623. The van der Waals surface area contributed by atoms with E-state index in [2.05, 4.69) is 17.4 Å². The minimum Gasteiger partial charge on any atom is -0.497 e. The van der Waals surface area contributed by atoms with Gasteiger partial charge in [-0.3, -0.25) is 0 Å². The number of halogens is 2. The fourth-order valence-corrected chi connectivity index (χ4v) is 2.82. The Labute approximate surface area is 128 Å². The van der Waals surface area contributed by atoms with E-state index in [0.717, 1.165) is 24.3 Å². The molecule has 1 fully saturated rings. The van der Waals surface area contributed by atoms with Crippen molar-refractivity contribution in [1.82, 2.24) is 0 Å². The first kappa shape index (κ1) is 14.2. The van der Waals surface area contributed by atoms with Crippen LogP contribution in [0.3, 0.4) is 0 Å². The van der Waals surface area contributed by atoms with Crippen LogP contribution in [-0.4, -0.2) is 13.2 Å². The number of hydrogen-bond donors (Lipinski definition) is 1. The number of anilines is 1. The number of benzene rings is 2. The monoisotopic (exact) mass is 305 g/mol. The first-order valence-electron chi connectivity index (χ1n) is 7.01. The lowest BCUT2D eigenvalue weighted by Crippen LogP contribution is -2.33. The second-order valence-corrected chi connectivity index (χ2v) is 5.82. The van der Waals surface area contributed by atoms with Crippen molar-refractivity contribution in [3.8, 4) is 5.75 Å². The molecule has 0 aromatic heterocycles. The molecule has 0 bridgehead atoms. The van der Waals surface area contributed by atoms with Gasteiger partial charge in [-0.1, -0.05) is 23.7 Å². The van der Waals surface area contributed by atoms with Gasteiger partial charge in [-0.25, -0.2) is 4.39 Å². The van der Waals surface area contributed by atoms with Gasteiger partial charge < -0.3 is 10.1 Å². The first-order valence-corrected chi connectivity index (χ1v) is 7.39.